The van der Waals surface area contributed by atoms with Gasteiger partial charge in [0.15, 0.2) is 11.6 Å². The zero-order valence-corrected chi connectivity index (χ0v) is 11.4. The molecule has 0 bridgehead atoms. The fourth-order valence-electron chi connectivity index (χ4n) is 1.29. The molecule has 1 N–H and O–H groups in total. The molecule has 0 saturated heterocycles. The molecule has 0 spiro atoms. The fourth-order valence-corrected chi connectivity index (χ4v) is 1.76. The van der Waals surface area contributed by atoms with Crippen molar-refractivity contribution in [3.8, 4) is 5.75 Å². The topological polar surface area (TPSA) is 21.3 Å². The Morgan fingerprint density at radius 2 is 2.00 bits per heavy atom. The van der Waals surface area contributed by atoms with Gasteiger partial charge in [-0.15, -0.1) is 23.2 Å². The number of halogens is 3. The minimum atomic E-state index is -0.404. The molecule has 0 amide bonds. The third-order valence-corrected chi connectivity index (χ3v) is 3.74. The van der Waals surface area contributed by atoms with E-state index in [1.54, 1.807) is 18.2 Å². The first-order valence-electron chi connectivity index (χ1n) is 5.24. The molecule has 96 valence electrons. The minimum absolute atomic E-state index is 0.239. The zero-order chi connectivity index (χ0) is 12.9. The smallest absolute Gasteiger partial charge is 0.169 e. The summed E-state index contributed by atoms with van der Waals surface area (Å²) < 4.78 is 18.7. The Morgan fingerprint density at radius 1 is 1.35 bits per heavy atom. The van der Waals surface area contributed by atoms with Crippen LogP contribution in [0.25, 0.3) is 0 Å². The summed E-state index contributed by atoms with van der Waals surface area (Å²) in [5, 5.41) is 3.14. The molecule has 1 aromatic rings. The van der Waals surface area contributed by atoms with Crippen LogP contribution >= 0.6 is 23.2 Å². The molecule has 0 radical (unpaired) electrons. The lowest BCUT2D eigenvalue weighted by molar-refractivity contribution is 0.378. The van der Waals surface area contributed by atoms with Crippen LogP contribution in [-0.2, 0) is 6.54 Å². The Hall–Kier alpha value is -0.510. The molecule has 17 heavy (non-hydrogen) atoms. The highest BCUT2D eigenvalue weighted by Gasteiger charge is 2.21. The summed E-state index contributed by atoms with van der Waals surface area (Å²) in [5.41, 5.74) is 0.129. The zero-order valence-electron chi connectivity index (χ0n) is 9.90. The summed E-state index contributed by atoms with van der Waals surface area (Å²) in [6.07, 6.45) is 0. The van der Waals surface area contributed by atoms with Crippen LogP contribution in [0.1, 0.15) is 12.5 Å². The molecule has 0 heterocycles. The van der Waals surface area contributed by atoms with Crippen LogP contribution in [0.15, 0.2) is 18.2 Å². The number of rotatable bonds is 6. The quantitative estimate of drug-likeness (QED) is 0.808. The highest BCUT2D eigenvalue weighted by atomic mass is 35.5. The van der Waals surface area contributed by atoms with E-state index in [0.717, 1.165) is 0 Å². The van der Waals surface area contributed by atoms with E-state index in [4.69, 9.17) is 27.9 Å². The minimum Gasteiger partial charge on any atom is -0.494 e. The Bertz CT molecular complexity index is 370. The van der Waals surface area contributed by atoms with Gasteiger partial charge in [-0.1, -0.05) is 12.1 Å². The van der Waals surface area contributed by atoms with Crippen LogP contribution in [-0.4, -0.2) is 24.4 Å². The molecule has 0 aliphatic heterocycles. The highest BCUT2D eigenvalue weighted by molar-refractivity contribution is 6.22. The molecule has 0 aliphatic carbocycles. The molecule has 0 aliphatic rings. The summed E-state index contributed by atoms with van der Waals surface area (Å²) in [5.74, 6) is 0.612. The van der Waals surface area contributed by atoms with Crippen LogP contribution in [0.2, 0.25) is 0 Å². The van der Waals surface area contributed by atoms with Crippen molar-refractivity contribution in [3.63, 3.8) is 0 Å². The van der Waals surface area contributed by atoms with Gasteiger partial charge in [0.25, 0.3) is 0 Å². The monoisotopic (exact) mass is 279 g/mol. The lowest BCUT2D eigenvalue weighted by Gasteiger charge is -2.26. The first-order valence-corrected chi connectivity index (χ1v) is 6.31. The molecule has 2 nitrogen and oxygen atoms in total. The maximum absolute atomic E-state index is 13.8. The molecule has 5 heteroatoms. The number of methoxy groups -OCH3 is 1. The predicted molar refractivity (Wildman–Crippen MR) is 69.6 cm³/mol. The molecule has 0 fully saturated rings. The molecule has 1 rings (SSSR count). The first-order chi connectivity index (χ1) is 8.06. The summed E-state index contributed by atoms with van der Waals surface area (Å²) in [6, 6.07) is 5.03. The summed E-state index contributed by atoms with van der Waals surface area (Å²) in [6.45, 7) is 2.25. The van der Waals surface area contributed by atoms with E-state index >= 15 is 0 Å². The number of ether oxygens (including phenoxy) is 1. The Morgan fingerprint density at radius 3 is 2.53 bits per heavy atom. The number of alkyl halides is 2. The average Bonchev–Trinajstić information content (AvgIpc) is 2.37. The van der Waals surface area contributed by atoms with Crippen LogP contribution in [0.3, 0.4) is 0 Å². The third kappa shape index (κ3) is 3.73. The van der Waals surface area contributed by atoms with E-state index in [1.165, 1.54) is 7.11 Å². The van der Waals surface area contributed by atoms with Crippen molar-refractivity contribution >= 4 is 23.2 Å². The SMILES string of the molecule is COc1cccc(CNC(C)(CCl)CCl)c1F. The molecular weight excluding hydrogens is 264 g/mol. The standard InChI is InChI=1S/C12H16Cl2FNO/c1-12(7-13,8-14)16-6-9-4-3-5-10(17-2)11(9)15/h3-5,16H,6-8H2,1-2H3. The summed E-state index contributed by atoms with van der Waals surface area (Å²) >= 11 is 11.6. The van der Waals surface area contributed by atoms with Gasteiger partial charge in [-0.25, -0.2) is 4.39 Å². The van der Waals surface area contributed by atoms with Crippen molar-refractivity contribution in [3.05, 3.63) is 29.6 Å². The summed E-state index contributed by atoms with van der Waals surface area (Å²) in [7, 11) is 1.44. The largest absolute Gasteiger partial charge is 0.494 e. The number of hydrogen-bond donors (Lipinski definition) is 1. The second-order valence-electron chi connectivity index (χ2n) is 4.11. The summed E-state index contributed by atoms with van der Waals surface area (Å²) in [4.78, 5) is 0. The van der Waals surface area contributed by atoms with E-state index in [9.17, 15) is 4.39 Å². The van der Waals surface area contributed by atoms with Crippen molar-refractivity contribution < 1.29 is 9.13 Å². The van der Waals surface area contributed by atoms with Gasteiger partial charge >= 0.3 is 0 Å². The molecule has 0 aromatic heterocycles. The van der Waals surface area contributed by atoms with Crippen LogP contribution < -0.4 is 10.1 Å². The second-order valence-corrected chi connectivity index (χ2v) is 4.65. The van der Waals surface area contributed by atoms with Crippen molar-refractivity contribution in [2.75, 3.05) is 18.9 Å². The van der Waals surface area contributed by atoms with Gasteiger partial charge in [-0.05, 0) is 13.0 Å². The molecule has 0 saturated carbocycles. The van der Waals surface area contributed by atoms with Gasteiger partial charge in [-0.2, -0.15) is 0 Å². The molecule has 1 aromatic carbocycles. The first kappa shape index (κ1) is 14.6. The van der Waals surface area contributed by atoms with Gasteiger partial charge in [0.05, 0.1) is 7.11 Å². The van der Waals surface area contributed by atoms with Crippen molar-refractivity contribution in [2.24, 2.45) is 0 Å². The van der Waals surface area contributed by atoms with Crippen LogP contribution in [0.5, 0.6) is 5.75 Å². The van der Waals surface area contributed by atoms with E-state index in [-0.39, 0.29) is 11.6 Å². The fraction of sp³-hybridized carbons (Fsp3) is 0.500. The van der Waals surface area contributed by atoms with E-state index in [2.05, 4.69) is 5.32 Å². The third-order valence-electron chi connectivity index (χ3n) is 2.56. The van der Waals surface area contributed by atoms with E-state index < -0.39 is 5.54 Å². The van der Waals surface area contributed by atoms with E-state index in [1.807, 2.05) is 6.92 Å². The Labute approximate surface area is 111 Å². The molecule has 0 atom stereocenters. The highest BCUT2D eigenvalue weighted by Crippen LogP contribution is 2.20. The normalized spacial score (nSPS) is 11.6. The maximum Gasteiger partial charge on any atom is 0.169 e. The van der Waals surface area contributed by atoms with Crippen molar-refractivity contribution in [2.45, 2.75) is 19.0 Å². The Balaban J connectivity index is 2.76. The maximum atomic E-state index is 13.8. The number of benzene rings is 1. The predicted octanol–water partition coefficient (Wildman–Crippen LogP) is 3.16. The number of nitrogens with one attached hydrogen (secondary N) is 1. The van der Waals surface area contributed by atoms with E-state index in [0.29, 0.717) is 23.9 Å². The average molecular weight is 280 g/mol. The lowest BCUT2D eigenvalue weighted by atomic mass is 10.1. The van der Waals surface area contributed by atoms with Gasteiger partial charge in [0.2, 0.25) is 0 Å². The van der Waals surface area contributed by atoms with Gasteiger partial charge in [0, 0.05) is 29.4 Å². The van der Waals surface area contributed by atoms with Crippen molar-refractivity contribution in [1.82, 2.24) is 5.32 Å². The van der Waals surface area contributed by atoms with Crippen LogP contribution in [0.4, 0.5) is 4.39 Å². The Kier molecular flexibility index (Phi) is 5.50. The van der Waals surface area contributed by atoms with Crippen LogP contribution in [0, 0.1) is 5.82 Å². The van der Waals surface area contributed by atoms with Crippen molar-refractivity contribution in [1.29, 1.82) is 0 Å². The lowest BCUT2D eigenvalue weighted by Crippen LogP contribution is -2.45. The van der Waals surface area contributed by atoms with Gasteiger partial charge in [-0.3, -0.25) is 0 Å². The van der Waals surface area contributed by atoms with Gasteiger partial charge in [0.1, 0.15) is 0 Å². The van der Waals surface area contributed by atoms with Gasteiger partial charge < -0.3 is 10.1 Å². The molecule has 0 unspecified atom stereocenters. The molecular formula is C12H16Cl2FNO. The number of hydrogen-bond acceptors (Lipinski definition) is 2. The second kappa shape index (κ2) is 6.43.